The summed E-state index contributed by atoms with van der Waals surface area (Å²) in [4.78, 5) is 11.5. The third kappa shape index (κ3) is 2.69. The van der Waals surface area contributed by atoms with Gasteiger partial charge in [0.25, 0.3) is 0 Å². The van der Waals surface area contributed by atoms with Crippen LogP contribution in [-0.4, -0.2) is 13.1 Å². The molecule has 4 nitrogen and oxygen atoms in total. The molecule has 3 aromatic carbocycles. The van der Waals surface area contributed by atoms with Gasteiger partial charge in [-0.25, -0.2) is 4.79 Å². The second-order valence-corrected chi connectivity index (χ2v) is 5.25. The van der Waals surface area contributed by atoms with Crippen LogP contribution in [0.2, 0.25) is 0 Å². The van der Waals surface area contributed by atoms with Crippen LogP contribution in [0.3, 0.4) is 0 Å². The van der Waals surface area contributed by atoms with Crippen molar-refractivity contribution >= 4 is 16.7 Å². The van der Waals surface area contributed by atoms with Gasteiger partial charge in [-0.1, -0.05) is 24.3 Å². The smallest absolute Gasteiger partial charge is 0.337 e. The van der Waals surface area contributed by atoms with E-state index in [0.29, 0.717) is 16.7 Å². The van der Waals surface area contributed by atoms with Crippen molar-refractivity contribution in [3.05, 3.63) is 71.3 Å². The van der Waals surface area contributed by atoms with E-state index in [1.54, 1.807) is 24.3 Å². The number of esters is 1. The topological polar surface area (TPSA) is 73.9 Å². The molecule has 0 aliphatic carbocycles. The summed E-state index contributed by atoms with van der Waals surface area (Å²) >= 11 is 0. The van der Waals surface area contributed by atoms with Crippen LogP contribution in [0.5, 0.6) is 0 Å². The van der Waals surface area contributed by atoms with Gasteiger partial charge in [-0.3, -0.25) is 0 Å². The Balaban J connectivity index is 2.06. The number of benzene rings is 3. The van der Waals surface area contributed by atoms with Crippen molar-refractivity contribution in [2.24, 2.45) is 0 Å². The third-order valence-corrected chi connectivity index (χ3v) is 3.86. The number of ether oxygens (including phenoxy) is 1. The Kier molecular flexibility index (Phi) is 3.97. The first-order chi connectivity index (χ1) is 11.7. The summed E-state index contributed by atoms with van der Waals surface area (Å²) in [5.74, 6) is -0.372. The van der Waals surface area contributed by atoms with Crippen molar-refractivity contribution in [3.63, 3.8) is 0 Å². The van der Waals surface area contributed by atoms with Crippen LogP contribution in [0, 0.1) is 22.7 Å². The molecule has 0 aliphatic rings. The average Bonchev–Trinajstić information content (AvgIpc) is 2.65. The molecule has 0 saturated carbocycles. The fourth-order valence-corrected chi connectivity index (χ4v) is 2.58. The minimum Gasteiger partial charge on any atom is -0.465 e. The second kappa shape index (κ2) is 6.24. The van der Waals surface area contributed by atoms with Gasteiger partial charge in [0.05, 0.1) is 23.8 Å². The summed E-state index contributed by atoms with van der Waals surface area (Å²) in [7, 11) is 1.35. The van der Waals surface area contributed by atoms with Crippen LogP contribution in [0.25, 0.3) is 21.9 Å². The van der Waals surface area contributed by atoms with Crippen LogP contribution in [0.1, 0.15) is 21.5 Å². The molecular weight excluding hydrogens is 300 g/mol. The number of fused-ring (bicyclic) bond motifs is 1. The van der Waals surface area contributed by atoms with Crippen molar-refractivity contribution in [1.29, 1.82) is 10.5 Å². The molecule has 0 aliphatic heterocycles. The van der Waals surface area contributed by atoms with Gasteiger partial charge in [0.15, 0.2) is 0 Å². The molecule has 114 valence electrons. The molecule has 3 rings (SSSR count). The van der Waals surface area contributed by atoms with Gasteiger partial charge in [0, 0.05) is 0 Å². The van der Waals surface area contributed by atoms with E-state index < -0.39 is 0 Å². The van der Waals surface area contributed by atoms with E-state index in [0.717, 1.165) is 21.9 Å². The maximum Gasteiger partial charge on any atom is 0.337 e. The molecule has 0 amide bonds. The molecule has 3 aromatic rings. The average molecular weight is 312 g/mol. The fourth-order valence-electron chi connectivity index (χ4n) is 2.58. The number of carbonyl (C=O) groups is 1. The number of carbonyl (C=O) groups excluding carboxylic acids is 1. The minimum atomic E-state index is -0.372. The van der Waals surface area contributed by atoms with E-state index in [1.165, 1.54) is 7.11 Å². The molecule has 0 atom stereocenters. The Labute approximate surface area is 139 Å². The van der Waals surface area contributed by atoms with Crippen molar-refractivity contribution < 1.29 is 9.53 Å². The lowest BCUT2D eigenvalue weighted by Gasteiger charge is -2.06. The molecule has 4 heteroatoms. The normalized spacial score (nSPS) is 9.96. The van der Waals surface area contributed by atoms with Crippen molar-refractivity contribution in [2.45, 2.75) is 0 Å². The molecule has 24 heavy (non-hydrogen) atoms. The zero-order valence-corrected chi connectivity index (χ0v) is 12.9. The Morgan fingerprint density at radius 2 is 1.42 bits per heavy atom. The largest absolute Gasteiger partial charge is 0.465 e. The standard InChI is InChI=1S/C20H12N2O2/c1-24-20(23)14-4-2-13(3-5-14)15-6-7-16-9-18(11-21)19(12-22)10-17(16)8-15/h2-10H,1H3. The highest BCUT2D eigenvalue weighted by molar-refractivity contribution is 5.92. The number of hydrogen-bond acceptors (Lipinski definition) is 4. The Hall–Kier alpha value is -3.63. The van der Waals surface area contributed by atoms with Crippen molar-refractivity contribution in [1.82, 2.24) is 0 Å². The van der Waals surface area contributed by atoms with E-state index in [1.807, 2.05) is 36.4 Å². The Morgan fingerprint density at radius 3 is 2.00 bits per heavy atom. The Bertz CT molecular complexity index is 1020. The van der Waals surface area contributed by atoms with Crippen LogP contribution in [-0.2, 0) is 4.74 Å². The summed E-state index contributed by atoms with van der Waals surface area (Å²) in [6.07, 6.45) is 0. The maximum absolute atomic E-state index is 11.5. The zero-order valence-electron chi connectivity index (χ0n) is 12.9. The predicted molar refractivity (Wildman–Crippen MR) is 90.2 cm³/mol. The first kappa shape index (κ1) is 15.3. The predicted octanol–water partition coefficient (Wildman–Crippen LogP) is 4.04. The van der Waals surface area contributed by atoms with Gasteiger partial charge in [-0.2, -0.15) is 10.5 Å². The summed E-state index contributed by atoms with van der Waals surface area (Å²) in [6.45, 7) is 0. The molecule has 0 fully saturated rings. The maximum atomic E-state index is 11.5. The zero-order chi connectivity index (χ0) is 17.1. The van der Waals surface area contributed by atoms with Gasteiger partial charge in [-0.05, 0) is 52.2 Å². The molecular formula is C20H12N2O2. The van der Waals surface area contributed by atoms with Crippen LogP contribution >= 0.6 is 0 Å². The van der Waals surface area contributed by atoms with Gasteiger partial charge in [0.1, 0.15) is 12.1 Å². The van der Waals surface area contributed by atoms with Crippen LogP contribution in [0.4, 0.5) is 0 Å². The molecule has 0 unspecified atom stereocenters. The molecule has 0 N–H and O–H groups in total. The number of methoxy groups -OCH3 is 1. The number of nitrogens with zero attached hydrogens (tertiary/aromatic N) is 2. The van der Waals surface area contributed by atoms with E-state index >= 15 is 0 Å². The van der Waals surface area contributed by atoms with Gasteiger partial charge in [-0.15, -0.1) is 0 Å². The van der Waals surface area contributed by atoms with E-state index in [9.17, 15) is 4.79 Å². The molecule has 0 spiro atoms. The van der Waals surface area contributed by atoms with E-state index in [2.05, 4.69) is 6.07 Å². The first-order valence-electron chi connectivity index (χ1n) is 7.23. The SMILES string of the molecule is COC(=O)c1ccc(-c2ccc3cc(C#N)c(C#N)cc3c2)cc1. The monoisotopic (exact) mass is 312 g/mol. The van der Waals surface area contributed by atoms with E-state index in [-0.39, 0.29) is 5.97 Å². The number of nitriles is 2. The fraction of sp³-hybridized carbons (Fsp3) is 0.0500. The van der Waals surface area contributed by atoms with Crippen LogP contribution < -0.4 is 0 Å². The molecule has 0 radical (unpaired) electrons. The van der Waals surface area contributed by atoms with Gasteiger partial charge < -0.3 is 4.74 Å². The molecule has 0 bridgehead atoms. The number of hydrogen-bond donors (Lipinski definition) is 0. The molecule has 0 heterocycles. The van der Waals surface area contributed by atoms with Crippen molar-refractivity contribution in [3.8, 4) is 23.3 Å². The quantitative estimate of drug-likeness (QED) is 0.669. The van der Waals surface area contributed by atoms with Gasteiger partial charge >= 0.3 is 5.97 Å². The highest BCUT2D eigenvalue weighted by Gasteiger charge is 2.08. The third-order valence-electron chi connectivity index (χ3n) is 3.86. The van der Waals surface area contributed by atoms with Crippen LogP contribution in [0.15, 0.2) is 54.6 Å². The lowest BCUT2D eigenvalue weighted by molar-refractivity contribution is 0.0601. The highest BCUT2D eigenvalue weighted by Crippen LogP contribution is 2.27. The summed E-state index contributed by atoms with van der Waals surface area (Å²) in [6, 6.07) is 20.5. The summed E-state index contributed by atoms with van der Waals surface area (Å²) in [5.41, 5.74) is 3.15. The highest BCUT2D eigenvalue weighted by atomic mass is 16.5. The minimum absolute atomic E-state index is 0.364. The molecule has 0 saturated heterocycles. The lowest BCUT2D eigenvalue weighted by atomic mass is 9.97. The first-order valence-corrected chi connectivity index (χ1v) is 7.23. The lowest BCUT2D eigenvalue weighted by Crippen LogP contribution is -2.00. The number of rotatable bonds is 2. The second-order valence-electron chi connectivity index (χ2n) is 5.25. The van der Waals surface area contributed by atoms with E-state index in [4.69, 9.17) is 15.3 Å². The summed E-state index contributed by atoms with van der Waals surface area (Å²) in [5, 5.41) is 20.0. The van der Waals surface area contributed by atoms with Gasteiger partial charge in [0.2, 0.25) is 0 Å². The summed E-state index contributed by atoms with van der Waals surface area (Å²) < 4.78 is 4.69. The molecule has 0 aromatic heterocycles. The van der Waals surface area contributed by atoms with Crippen molar-refractivity contribution in [2.75, 3.05) is 7.11 Å². The Morgan fingerprint density at radius 1 is 0.833 bits per heavy atom.